The first-order valence-corrected chi connectivity index (χ1v) is 5.88. The number of carbonyl (C=O) groups excluding carboxylic acids is 1. The van der Waals surface area contributed by atoms with E-state index < -0.39 is 10.8 Å². The number of carbonyl (C=O) groups is 1. The molecular weight excluding hydrogens is 244 g/mol. The first-order valence-electron chi connectivity index (χ1n) is 4.65. The van der Waals surface area contributed by atoms with Gasteiger partial charge in [-0.1, -0.05) is 0 Å². The Kier molecular flexibility index (Phi) is 4.47. The zero-order valence-electron chi connectivity index (χ0n) is 9.67. The van der Waals surface area contributed by atoms with Crippen LogP contribution in [0.2, 0.25) is 0 Å². The maximum absolute atomic E-state index is 11.9. The molecule has 0 bridgehead atoms. The standard InChI is InChI=1S/C10H12N2O4S/c1-11(16-2)10(13)8-6-7(17-3)4-5-9(8)12(14)15/h4-6H,1-3H3. The average Bonchev–Trinajstić information content (AvgIpc) is 2.35. The fraction of sp³-hybridized carbons (Fsp3) is 0.300. The summed E-state index contributed by atoms with van der Waals surface area (Å²) in [5.74, 6) is -0.546. The van der Waals surface area contributed by atoms with Gasteiger partial charge in [-0.2, -0.15) is 0 Å². The molecule has 0 aliphatic heterocycles. The number of rotatable bonds is 4. The number of nitrogens with zero attached hydrogens (tertiary/aromatic N) is 2. The fourth-order valence-electron chi connectivity index (χ4n) is 1.23. The number of nitro benzene ring substituents is 1. The molecule has 1 amide bonds. The smallest absolute Gasteiger partial charge is 0.274 e. The van der Waals surface area contributed by atoms with E-state index in [1.807, 2.05) is 6.26 Å². The Morgan fingerprint density at radius 1 is 1.53 bits per heavy atom. The Hall–Kier alpha value is -1.60. The van der Waals surface area contributed by atoms with Gasteiger partial charge in [-0.25, -0.2) is 5.06 Å². The van der Waals surface area contributed by atoms with Crippen molar-refractivity contribution >= 4 is 23.4 Å². The van der Waals surface area contributed by atoms with Crippen LogP contribution in [-0.2, 0) is 4.84 Å². The average molecular weight is 256 g/mol. The molecule has 1 aromatic carbocycles. The van der Waals surface area contributed by atoms with Gasteiger partial charge in [0.25, 0.3) is 11.6 Å². The van der Waals surface area contributed by atoms with Crippen LogP contribution in [-0.4, -0.2) is 36.3 Å². The molecule has 0 aromatic heterocycles. The number of benzene rings is 1. The molecule has 0 atom stereocenters. The molecule has 92 valence electrons. The van der Waals surface area contributed by atoms with Crippen molar-refractivity contribution in [3.8, 4) is 0 Å². The summed E-state index contributed by atoms with van der Waals surface area (Å²) in [5, 5.41) is 11.8. The summed E-state index contributed by atoms with van der Waals surface area (Å²) >= 11 is 1.41. The van der Waals surface area contributed by atoms with Crippen LogP contribution in [0.4, 0.5) is 5.69 Å². The Morgan fingerprint density at radius 2 is 2.18 bits per heavy atom. The minimum absolute atomic E-state index is 0.0196. The van der Waals surface area contributed by atoms with Crippen molar-refractivity contribution in [2.45, 2.75) is 4.90 Å². The van der Waals surface area contributed by atoms with Crippen LogP contribution in [0.15, 0.2) is 23.1 Å². The van der Waals surface area contributed by atoms with Crippen LogP contribution in [0.5, 0.6) is 0 Å². The summed E-state index contributed by atoms with van der Waals surface area (Å²) in [7, 11) is 2.72. The predicted molar refractivity (Wildman–Crippen MR) is 64.0 cm³/mol. The number of thioether (sulfide) groups is 1. The van der Waals surface area contributed by atoms with Gasteiger partial charge in [-0.3, -0.25) is 19.7 Å². The first-order chi connectivity index (χ1) is 8.01. The van der Waals surface area contributed by atoms with Gasteiger partial charge in [-0.05, 0) is 18.4 Å². The number of hydrogen-bond acceptors (Lipinski definition) is 5. The highest BCUT2D eigenvalue weighted by molar-refractivity contribution is 7.98. The summed E-state index contributed by atoms with van der Waals surface area (Å²) in [5.41, 5.74) is -0.206. The summed E-state index contributed by atoms with van der Waals surface area (Å²) in [6, 6.07) is 4.41. The number of nitro groups is 1. The van der Waals surface area contributed by atoms with Crippen LogP contribution in [0.25, 0.3) is 0 Å². The van der Waals surface area contributed by atoms with Crippen molar-refractivity contribution in [2.24, 2.45) is 0 Å². The van der Waals surface area contributed by atoms with Crippen LogP contribution >= 0.6 is 11.8 Å². The molecule has 1 aromatic rings. The molecule has 0 unspecified atom stereocenters. The lowest BCUT2D eigenvalue weighted by Gasteiger charge is -2.13. The molecule has 0 heterocycles. The van der Waals surface area contributed by atoms with Crippen molar-refractivity contribution in [3.05, 3.63) is 33.9 Å². The minimum Gasteiger partial charge on any atom is -0.274 e. The van der Waals surface area contributed by atoms with Crippen LogP contribution in [0.3, 0.4) is 0 Å². The van der Waals surface area contributed by atoms with Crippen molar-refractivity contribution in [1.29, 1.82) is 0 Å². The van der Waals surface area contributed by atoms with Crippen molar-refractivity contribution in [3.63, 3.8) is 0 Å². The van der Waals surface area contributed by atoms with Crippen molar-refractivity contribution in [2.75, 3.05) is 20.4 Å². The maximum Gasteiger partial charge on any atom is 0.284 e. The quantitative estimate of drug-likeness (QED) is 0.467. The van der Waals surface area contributed by atoms with E-state index >= 15 is 0 Å². The summed E-state index contributed by atoms with van der Waals surface area (Å²) < 4.78 is 0. The monoisotopic (exact) mass is 256 g/mol. The Morgan fingerprint density at radius 3 is 2.65 bits per heavy atom. The molecule has 1 rings (SSSR count). The predicted octanol–water partition coefficient (Wildman–Crippen LogP) is 1.95. The molecule has 7 heteroatoms. The number of hydroxylamine groups is 2. The Bertz CT molecular complexity index is 450. The zero-order valence-corrected chi connectivity index (χ0v) is 10.5. The van der Waals surface area contributed by atoms with Gasteiger partial charge >= 0.3 is 0 Å². The summed E-state index contributed by atoms with van der Waals surface area (Å²) in [6.07, 6.45) is 1.83. The lowest BCUT2D eigenvalue weighted by molar-refractivity contribution is -0.385. The molecule has 0 saturated carbocycles. The maximum atomic E-state index is 11.9. The lowest BCUT2D eigenvalue weighted by Crippen LogP contribution is -2.26. The normalized spacial score (nSPS) is 10.1. The number of hydrogen-bond donors (Lipinski definition) is 0. The van der Waals surface area contributed by atoms with E-state index in [0.29, 0.717) is 0 Å². The van der Waals surface area contributed by atoms with Crippen LogP contribution < -0.4 is 0 Å². The Labute approximate surface area is 103 Å². The lowest BCUT2D eigenvalue weighted by atomic mass is 10.1. The van der Waals surface area contributed by atoms with E-state index in [-0.39, 0.29) is 11.3 Å². The highest BCUT2D eigenvalue weighted by atomic mass is 32.2. The second kappa shape index (κ2) is 5.65. The van der Waals surface area contributed by atoms with E-state index in [1.165, 1.54) is 38.1 Å². The third-order valence-corrected chi connectivity index (χ3v) is 2.92. The molecular formula is C10H12N2O4S. The molecule has 0 saturated heterocycles. The van der Waals surface area contributed by atoms with Crippen LogP contribution in [0, 0.1) is 10.1 Å². The summed E-state index contributed by atoms with van der Waals surface area (Å²) in [6.45, 7) is 0. The van der Waals surface area contributed by atoms with Gasteiger partial charge in [-0.15, -0.1) is 11.8 Å². The largest absolute Gasteiger partial charge is 0.284 e. The fourth-order valence-corrected chi connectivity index (χ4v) is 1.66. The van der Waals surface area contributed by atoms with E-state index in [9.17, 15) is 14.9 Å². The van der Waals surface area contributed by atoms with Gasteiger partial charge in [0.05, 0.1) is 12.0 Å². The van der Waals surface area contributed by atoms with Crippen molar-refractivity contribution in [1.82, 2.24) is 5.06 Å². The second-order valence-electron chi connectivity index (χ2n) is 3.13. The molecule has 6 nitrogen and oxygen atoms in total. The van der Waals surface area contributed by atoms with Crippen molar-refractivity contribution < 1.29 is 14.6 Å². The Balaban J connectivity index is 3.26. The van der Waals surface area contributed by atoms with E-state index in [0.717, 1.165) is 9.96 Å². The molecule has 0 spiro atoms. The molecule has 17 heavy (non-hydrogen) atoms. The van der Waals surface area contributed by atoms with Gasteiger partial charge in [0.1, 0.15) is 5.56 Å². The molecule has 0 N–H and O–H groups in total. The molecule has 0 aliphatic carbocycles. The zero-order chi connectivity index (χ0) is 13.0. The highest BCUT2D eigenvalue weighted by Crippen LogP contribution is 2.25. The second-order valence-corrected chi connectivity index (χ2v) is 4.01. The highest BCUT2D eigenvalue weighted by Gasteiger charge is 2.23. The first kappa shape index (κ1) is 13.5. The van der Waals surface area contributed by atoms with Gasteiger partial charge in [0.15, 0.2) is 0 Å². The molecule has 0 fully saturated rings. The van der Waals surface area contributed by atoms with E-state index in [1.54, 1.807) is 6.07 Å². The van der Waals surface area contributed by atoms with Gasteiger partial charge in [0, 0.05) is 18.0 Å². The molecule has 0 radical (unpaired) electrons. The SMILES string of the molecule is CON(C)C(=O)c1cc(SC)ccc1[N+](=O)[O-]. The molecule has 0 aliphatic rings. The van der Waals surface area contributed by atoms with E-state index in [2.05, 4.69) is 0 Å². The third-order valence-electron chi connectivity index (χ3n) is 2.19. The van der Waals surface area contributed by atoms with E-state index in [4.69, 9.17) is 4.84 Å². The van der Waals surface area contributed by atoms with Crippen LogP contribution in [0.1, 0.15) is 10.4 Å². The minimum atomic E-state index is -0.582. The third kappa shape index (κ3) is 2.95. The summed E-state index contributed by atoms with van der Waals surface area (Å²) in [4.78, 5) is 27.6. The van der Waals surface area contributed by atoms with Gasteiger partial charge < -0.3 is 0 Å². The van der Waals surface area contributed by atoms with Gasteiger partial charge in [0.2, 0.25) is 0 Å². The number of amides is 1. The topological polar surface area (TPSA) is 72.7 Å².